The van der Waals surface area contributed by atoms with Crippen molar-refractivity contribution in [1.29, 1.82) is 0 Å². The average Bonchev–Trinajstić information content (AvgIpc) is 3.21. The van der Waals surface area contributed by atoms with Crippen molar-refractivity contribution in [3.63, 3.8) is 0 Å². The van der Waals surface area contributed by atoms with Gasteiger partial charge in [0.05, 0.1) is 0 Å². The van der Waals surface area contributed by atoms with E-state index < -0.39 is 0 Å². The summed E-state index contributed by atoms with van der Waals surface area (Å²) in [7, 11) is 4.21. The van der Waals surface area contributed by atoms with Gasteiger partial charge in [-0.15, -0.1) is 0 Å². The first-order chi connectivity index (χ1) is 12.7. The summed E-state index contributed by atoms with van der Waals surface area (Å²) in [6.07, 6.45) is 4.26. The molecule has 2 heteroatoms. The third kappa shape index (κ3) is 1.71. The van der Waals surface area contributed by atoms with Gasteiger partial charge in [0.15, 0.2) is 0 Å². The summed E-state index contributed by atoms with van der Waals surface area (Å²) in [6.45, 7) is 0. The first kappa shape index (κ1) is 14.0. The van der Waals surface area contributed by atoms with Crippen LogP contribution >= 0.6 is 0 Å². The first-order valence-corrected chi connectivity index (χ1v) is 8.98. The number of fused-ring (bicyclic) bond motifs is 7. The summed E-state index contributed by atoms with van der Waals surface area (Å²) in [5, 5.41) is 10.5. The van der Waals surface area contributed by atoms with Gasteiger partial charge in [-0.2, -0.15) is 0 Å². The van der Waals surface area contributed by atoms with Crippen LogP contribution < -0.4 is 0 Å². The van der Waals surface area contributed by atoms with Gasteiger partial charge >= 0.3 is 0 Å². The van der Waals surface area contributed by atoms with Gasteiger partial charge in [-0.05, 0) is 68.7 Å². The van der Waals surface area contributed by atoms with Crippen LogP contribution in [0.4, 0.5) is 0 Å². The van der Waals surface area contributed by atoms with Crippen molar-refractivity contribution in [2.75, 3.05) is 0 Å². The zero-order valence-corrected chi connectivity index (χ0v) is 14.8. The Labute approximate surface area is 150 Å². The van der Waals surface area contributed by atoms with Crippen molar-refractivity contribution in [3.05, 3.63) is 73.1 Å². The van der Waals surface area contributed by atoms with Crippen molar-refractivity contribution < 1.29 is 0 Å². The third-order valence-corrected chi connectivity index (χ3v) is 5.84. The molecule has 0 atom stereocenters. The molecule has 26 heavy (non-hydrogen) atoms. The molecule has 0 saturated carbocycles. The molecular formula is C24H18N2. The molecule has 0 fully saturated rings. The second-order valence-corrected chi connectivity index (χ2v) is 7.34. The molecule has 124 valence electrons. The second kappa shape index (κ2) is 4.67. The van der Waals surface area contributed by atoms with Crippen LogP contribution in [-0.2, 0) is 14.1 Å². The highest BCUT2D eigenvalue weighted by Gasteiger charge is 2.09. The highest BCUT2D eigenvalue weighted by molar-refractivity contribution is 6.20. The maximum absolute atomic E-state index is 2.33. The Hall–Kier alpha value is -3.26. The Bertz CT molecular complexity index is 1380. The maximum Gasteiger partial charge on any atom is 0.0484 e. The number of rotatable bonds is 0. The van der Waals surface area contributed by atoms with Gasteiger partial charge < -0.3 is 9.13 Å². The van der Waals surface area contributed by atoms with E-state index in [0.29, 0.717) is 0 Å². The predicted octanol–water partition coefficient (Wildman–Crippen LogP) is 6.13. The van der Waals surface area contributed by atoms with E-state index in [4.69, 9.17) is 0 Å². The summed E-state index contributed by atoms with van der Waals surface area (Å²) in [6, 6.07) is 22.7. The van der Waals surface area contributed by atoms with Crippen LogP contribution in [-0.4, -0.2) is 9.13 Å². The Kier molecular flexibility index (Phi) is 2.51. The highest BCUT2D eigenvalue weighted by Crippen LogP contribution is 2.35. The minimum Gasteiger partial charge on any atom is -0.351 e. The van der Waals surface area contributed by atoms with Crippen molar-refractivity contribution in [3.8, 4) is 0 Å². The fraction of sp³-hybridized carbons (Fsp3) is 0.0833. The molecule has 0 spiro atoms. The van der Waals surface area contributed by atoms with Crippen LogP contribution in [0.15, 0.2) is 73.1 Å². The molecule has 4 aromatic carbocycles. The minimum absolute atomic E-state index is 1.28. The zero-order valence-electron chi connectivity index (χ0n) is 14.8. The molecule has 6 aromatic rings. The molecule has 2 nitrogen and oxygen atoms in total. The highest BCUT2D eigenvalue weighted by atomic mass is 14.9. The molecular weight excluding hydrogens is 316 g/mol. The molecule has 6 rings (SSSR count). The summed E-state index contributed by atoms with van der Waals surface area (Å²) in [5.74, 6) is 0. The molecule has 0 bridgehead atoms. The number of hydrogen-bond acceptors (Lipinski definition) is 0. The lowest BCUT2D eigenvalue weighted by Gasteiger charge is -2.09. The fourth-order valence-corrected chi connectivity index (χ4v) is 4.40. The van der Waals surface area contributed by atoms with Crippen LogP contribution in [0.3, 0.4) is 0 Å². The number of aryl methyl sites for hydroxylation is 2. The largest absolute Gasteiger partial charge is 0.351 e. The standard InChI is InChI=1S/C24H18N2/c1-25-9-7-17-11-21-15(13-23(17)25)3-5-20-19(21)6-4-16-14-24-18(12-22(16)20)8-10-26(24)2/h3-14H,1-2H3. The summed E-state index contributed by atoms with van der Waals surface area (Å²) in [4.78, 5) is 0. The van der Waals surface area contributed by atoms with E-state index in [-0.39, 0.29) is 0 Å². The molecule has 0 aliphatic carbocycles. The van der Waals surface area contributed by atoms with Gasteiger partial charge in [-0.25, -0.2) is 0 Å². The van der Waals surface area contributed by atoms with E-state index in [1.165, 1.54) is 54.1 Å². The van der Waals surface area contributed by atoms with E-state index in [1.807, 2.05) is 0 Å². The minimum atomic E-state index is 1.28. The second-order valence-electron chi connectivity index (χ2n) is 7.34. The quantitative estimate of drug-likeness (QED) is 0.296. The third-order valence-electron chi connectivity index (χ3n) is 5.84. The lowest BCUT2D eigenvalue weighted by Crippen LogP contribution is -1.86. The van der Waals surface area contributed by atoms with E-state index in [2.05, 4.69) is 96.3 Å². The molecule has 0 unspecified atom stereocenters. The zero-order chi connectivity index (χ0) is 17.4. The average molecular weight is 334 g/mol. The maximum atomic E-state index is 2.33. The van der Waals surface area contributed by atoms with Crippen LogP contribution in [0, 0.1) is 0 Å². The number of benzene rings is 4. The molecule has 2 heterocycles. The normalized spacial score (nSPS) is 12.2. The molecule has 0 saturated heterocycles. The van der Waals surface area contributed by atoms with Crippen LogP contribution in [0.5, 0.6) is 0 Å². The molecule has 0 aliphatic rings. The topological polar surface area (TPSA) is 9.86 Å². The Morgan fingerprint density at radius 3 is 1.38 bits per heavy atom. The van der Waals surface area contributed by atoms with E-state index in [1.54, 1.807) is 0 Å². The van der Waals surface area contributed by atoms with Crippen molar-refractivity contribution in [2.45, 2.75) is 0 Å². The monoisotopic (exact) mass is 334 g/mol. The van der Waals surface area contributed by atoms with Gasteiger partial charge in [-0.3, -0.25) is 0 Å². The van der Waals surface area contributed by atoms with Gasteiger partial charge in [0.1, 0.15) is 0 Å². The lowest BCUT2D eigenvalue weighted by atomic mass is 9.95. The number of nitrogens with zero attached hydrogens (tertiary/aromatic N) is 2. The molecule has 0 amide bonds. The lowest BCUT2D eigenvalue weighted by molar-refractivity contribution is 0.970. The molecule has 2 aromatic heterocycles. The smallest absolute Gasteiger partial charge is 0.0484 e. The molecule has 0 radical (unpaired) electrons. The summed E-state index contributed by atoms with van der Waals surface area (Å²) in [5.41, 5.74) is 2.56. The fourth-order valence-electron chi connectivity index (χ4n) is 4.40. The van der Waals surface area contributed by atoms with Gasteiger partial charge in [0.25, 0.3) is 0 Å². The van der Waals surface area contributed by atoms with Crippen molar-refractivity contribution >= 4 is 54.1 Å². The number of hydrogen-bond donors (Lipinski definition) is 0. The Morgan fingerprint density at radius 1 is 0.462 bits per heavy atom. The van der Waals surface area contributed by atoms with Crippen molar-refractivity contribution in [1.82, 2.24) is 9.13 Å². The van der Waals surface area contributed by atoms with Crippen LogP contribution in [0.25, 0.3) is 54.1 Å². The predicted molar refractivity (Wildman–Crippen MR) is 112 cm³/mol. The van der Waals surface area contributed by atoms with Gasteiger partial charge in [0.2, 0.25) is 0 Å². The summed E-state index contributed by atoms with van der Waals surface area (Å²) < 4.78 is 4.37. The molecule has 0 aliphatic heterocycles. The van der Waals surface area contributed by atoms with E-state index in [0.717, 1.165) is 0 Å². The van der Waals surface area contributed by atoms with Gasteiger partial charge in [0, 0.05) is 48.3 Å². The van der Waals surface area contributed by atoms with E-state index in [9.17, 15) is 0 Å². The first-order valence-electron chi connectivity index (χ1n) is 8.98. The SMILES string of the molecule is Cn1ccc2cc3c(ccc4c5cc6ccn(C)c6cc5ccc34)cc21. The van der Waals surface area contributed by atoms with Crippen LogP contribution in [0.2, 0.25) is 0 Å². The van der Waals surface area contributed by atoms with E-state index >= 15 is 0 Å². The van der Waals surface area contributed by atoms with Crippen LogP contribution in [0.1, 0.15) is 0 Å². The van der Waals surface area contributed by atoms with Gasteiger partial charge in [-0.1, -0.05) is 24.3 Å². The summed E-state index contributed by atoms with van der Waals surface area (Å²) >= 11 is 0. The Morgan fingerprint density at radius 2 is 0.923 bits per heavy atom. The number of aromatic nitrogens is 2. The molecule has 0 N–H and O–H groups in total. The Balaban J connectivity index is 1.79. The van der Waals surface area contributed by atoms with Crippen molar-refractivity contribution in [2.24, 2.45) is 14.1 Å².